The maximum atomic E-state index is 12.4. The lowest BCUT2D eigenvalue weighted by Gasteiger charge is -2.11. The van der Waals surface area contributed by atoms with Crippen molar-refractivity contribution in [3.8, 4) is 5.75 Å². The van der Waals surface area contributed by atoms with Crippen molar-refractivity contribution in [3.05, 3.63) is 49.5 Å². The van der Waals surface area contributed by atoms with Crippen LogP contribution in [0.5, 0.6) is 5.75 Å². The van der Waals surface area contributed by atoms with E-state index in [1.165, 1.54) is 19.2 Å². The first-order valence-corrected chi connectivity index (χ1v) is 9.38. The third kappa shape index (κ3) is 4.02. The Hall–Kier alpha value is -0.510. The number of rotatable bonds is 4. The van der Waals surface area contributed by atoms with E-state index in [-0.39, 0.29) is 4.90 Å². The summed E-state index contributed by atoms with van der Waals surface area (Å²) in [5.41, 5.74) is 0.479. The first-order chi connectivity index (χ1) is 9.83. The fourth-order valence-corrected chi connectivity index (χ4v) is 4.58. The van der Waals surface area contributed by atoms with E-state index in [4.69, 9.17) is 16.3 Å². The fraction of sp³-hybridized carbons (Fsp3) is 0.0769. The maximum absolute atomic E-state index is 12.4. The van der Waals surface area contributed by atoms with Crippen molar-refractivity contribution in [3.63, 3.8) is 0 Å². The number of benzene rings is 2. The van der Waals surface area contributed by atoms with Crippen LogP contribution in [-0.2, 0) is 10.0 Å². The van der Waals surface area contributed by atoms with Gasteiger partial charge in [0.2, 0.25) is 0 Å². The SMILES string of the molecule is COc1ccc(S(=O)(=O)Nc2ccc(Cl)cc2I)cc1Br. The molecule has 0 radical (unpaired) electrons. The monoisotopic (exact) mass is 501 g/mol. The summed E-state index contributed by atoms with van der Waals surface area (Å²) >= 11 is 11.2. The van der Waals surface area contributed by atoms with Crippen molar-refractivity contribution in [1.29, 1.82) is 0 Å². The molecule has 2 rings (SSSR count). The standard InChI is InChI=1S/C13H10BrClINO3S/c1-20-13-5-3-9(7-10(13)14)21(18,19)17-12-4-2-8(15)6-11(12)16/h2-7,17H,1H3. The van der Waals surface area contributed by atoms with Crippen LogP contribution in [0.1, 0.15) is 0 Å². The number of hydrogen-bond donors (Lipinski definition) is 1. The number of sulfonamides is 1. The molecule has 2 aromatic carbocycles. The second-order valence-electron chi connectivity index (χ2n) is 4.03. The largest absolute Gasteiger partial charge is 0.496 e. The topological polar surface area (TPSA) is 55.4 Å². The maximum Gasteiger partial charge on any atom is 0.261 e. The Morgan fingerprint density at radius 2 is 1.95 bits per heavy atom. The molecule has 2 aromatic rings. The molecular weight excluding hydrogens is 492 g/mol. The molecule has 0 aliphatic carbocycles. The molecule has 0 amide bonds. The molecule has 0 saturated heterocycles. The highest BCUT2D eigenvalue weighted by molar-refractivity contribution is 14.1. The van der Waals surface area contributed by atoms with Crippen LogP contribution in [0.25, 0.3) is 0 Å². The van der Waals surface area contributed by atoms with Gasteiger partial charge in [0.05, 0.1) is 22.2 Å². The summed E-state index contributed by atoms with van der Waals surface area (Å²) in [6.07, 6.45) is 0. The van der Waals surface area contributed by atoms with Gasteiger partial charge in [-0.2, -0.15) is 0 Å². The van der Waals surface area contributed by atoms with Crippen molar-refractivity contribution >= 4 is 65.8 Å². The van der Waals surface area contributed by atoms with Gasteiger partial charge in [-0.05, 0) is 74.9 Å². The zero-order valence-corrected chi connectivity index (χ0v) is 16.0. The highest BCUT2D eigenvalue weighted by Crippen LogP contribution is 2.29. The summed E-state index contributed by atoms with van der Waals surface area (Å²) in [5.74, 6) is 0.565. The Morgan fingerprint density at radius 3 is 2.52 bits per heavy atom. The van der Waals surface area contributed by atoms with Crippen LogP contribution < -0.4 is 9.46 Å². The smallest absolute Gasteiger partial charge is 0.261 e. The Bertz CT molecular complexity index is 783. The number of anilines is 1. The summed E-state index contributed by atoms with van der Waals surface area (Å²) in [6.45, 7) is 0. The van der Waals surface area contributed by atoms with Gasteiger partial charge in [-0.3, -0.25) is 4.72 Å². The minimum absolute atomic E-state index is 0.140. The summed E-state index contributed by atoms with van der Waals surface area (Å²) in [6, 6.07) is 9.50. The average molecular weight is 503 g/mol. The predicted octanol–water partition coefficient (Wildman–Crippen LogP) is 4.52. The Morgan fingerprint density at radius 1 is 1.24 bits per heavy atom. The van der Waals surface area contributed by atoms with Gasteiger partial charge in [0, 0.05) is 8.59 Å². The van der Waals surface area contributed by atoms with Gasteiger partial charge in [-0.1, -0.05) is 11.6 Å². The Labute approximate surface area is 150 Å². The summed E-state index contributed by atoms with van der Waals surface area (Å²) in [7, 11) is -2.16. The molecule has 0 aliphatic rings. The van der Waals surface area contributed by atoms with Crippen molar-refractivity contribution in [2.75, 3.05) is 11.8 Å². The van der Waals surface area contributed by atoms with E-state index in [9.17, 15) is 8.42 Å². The van der Waals surface area contributed by atoms with Gasteiger partial charge in [-0.25, -0.2) is 8.42 Å². The minimum atomic E-state index is -3.68. The van der Waals surface area contributed by atoms with E-state index in [2.05, 4.69) is 20.7 Å². The molecular formula is C13H10BrClINO3S. The Kier molecular flexibility index (Phi) is 5.39. The molecule has 0 spiro atoms. The van der Waals surface area contributed by atoms with Crippen molar-refractivity contribution in [2.45, 2.75) is 4.90 Å². The number of hydrogen-bond acceptors (Lipinski definition) is 3. The molecule has 0 heterocycles. The second-order valence-corrected chi connectivity index (χ2v) is 8.16. The fourth-order valence-electron chi connectivity index (χ4n) is 1.59. The molecule has 0 saturated carbocycles. The Balaban J connectivity index is 2.36. The van der Waals surface area contributed by atoms with Gasteiger partial charge < -0.3 is 4.74 Å². The van der Waals surface area contributed by atoms with Gasteiger partial charge in [0.25, 0.3) is 10.0 Å². The molecule has 112 valence electrons. The van der Waals surface area contributed by atoms with E-state index < -0.39 is 10.0 Å². The molecule has 0 bridgehead atoms. The second kappa shape index (κ2) is 6.72. The molecule has 1 N–H and O–H groups in total. The van der Waals surface area contributed by atoms with Crippen molar-refractivity contribution < 1.29 is 13.2 Å². The van der Waals surface area contributed by atoms with E-state index in [0.29, 0.717) is 20.9 Å². The van der Waals surface area contributed by atoms with Crippen LogP contribution in [0.2, 0.25) is 5.02 Å². The van der Waals surface area contributed by atoms with Crippen LogP contribution in [0.3, 0.4) is 0 Å². The third-order valence-corrected chi connectivity index (χ3v) is 5.72. The van der Waals surface area contributed by atoms with Gasteiger partial charge in [0.15, 0.2) is 0 Å². The van der Waals surface area contributed by atoms with E-state index in [1.54, 1.807) is 24.3 Å². The normalized spacial score (nSPS) is 11.2. The first kappa shape index (κ1) is 16.9. The van der Waals surface area contributed by atoms with Crippen LogP contribution in [0, 0.1) is 3.57 Å². The van der Waals surface area contributed by atoms with E-state index >= 15 is 0 Å². The van der Waals surface area contributed by atoms with Crippen molar-refractivity contribution in [2.24, 2.45) is 0 Å². The molecule has 0 atom stereocenters. The molecule has 21 heavy (non-hydrogen) atoms. The average Bonchev–Trinajstić information content (AvgIpc) is 2.42. The van der Waals surface area contributed by atoms with Crippen LogP contribution >= 0.6 is 50.1 Å². The molecule has 8 heteroatoms. The predicted molar refractivity (Wildman–Crippen MR) is 95.7 cm³/mol. The lowest BCUT2D eigenvalue weighted by molar-refractivity contribution is 0.411. The molecule has 4 nitrogen and oxygen atoms in total. The first-order valence-electron chi connectivity index (χ1n) is 5.65. The highest BCUT2D eigenvalue weighted by atomic mass is 127. The van der Waals surface area contributed by atoms with Crippen molar-refractivity contribution in [1.82, 2.24) is 0 Å². The zero-order chi connectivity index (χ0) is 15.6. The lowest BCUT2D eigenvalue weighted by atomic mass is 10.3. The quantitative estimate of drug-likeness (QED) is 0.626. The van der Waals surface area contributed by atoms with Gasteiger partial charge in [-0.15, -0.1) is 0 Å². The number of methoxy groups -OCH3 is 1. The van der Waals surface area contributed by atoms with Crippen LogP contribution in [0.4, 0.5) is 5.69 Å². The lowest BCUT2D eigenvalue weighted by Crippen LogP contribution is -2.13. The number of nitrogens with one attached hydrogen (secondary N) is 1. The minimum Gasteiger partial charge on any atom is -0.496 e. The summed E-state index contributed by atoms with van der Waals surface area (Å²) in [4.78, 5) is 0.140. The number of halogens is 3. The number of ether oxygens (including phenoxy) is 1. The van der Waals surface area contributed by atoms with Gasteiger partial charge in [0.1, 0.15) is 5.75 Å². The van der Waals surface area contributed by atoms with Crippen LogP contribution in [0.15, 0.2) is 45.8 Å². The summed E-state index contributed by atoms with van der Waals surface area (Å²) in [5, 5.41) is 0.550. The molecule has 0 aliphatic heterocycles. The molecule has 0 unspecified atom stereocenters. The highest BCUT2D eigenvalue weighted by Gasteiger charge is 2.17. The third-order valence-electron chi connectivity index (χ3n) is 2.61. The van der Waals surface area contributed by atoms with Gasteiger partial charge >= 0.3 is 0 Å². The molecule has 0 aromatic heterocycles. The molecule has 0 fully saturated rings. The zero-order valence-electron chi connectivity index (χ0n) is 10.7. The van der Waals surface area contributed by atoms with Crippen LogP contribution in [-0.4, -0.2) is 15.5 Å². The van der Waals surface area contributed by atoms with E-state index in [0.717, 1.165) is 3.57 Å². The van der Waals surface area contributed by atoms with E-state index in [1.807, 2.05) is 22.6 Å². The summed E-state index contributed by atoms with van der Waals surface area (Å²) < 4.78 is 33.7.